The third kappa shape index (κ3) is 6.82. The number of benzene rings is 1. The molecule has 1 aromatic heterocycles. The van der Waals surface area contributed by atoms with Crippen LogP contribution in [0.4, 0.5) is 0 Å². The number of ether oxygens (including phenoxy) is 7. The molecule has 1 aromatic carbocycles. The van der Waals surface area contributed by atoms with Crippen molar-refractivity contribution in [1.82, 2.24) is 0 Å². The Hall–Kier alpha value is -2.49. The summed E-state index contributed by atoms with van der Waals surface area (Å²) in [5.74, 6) is 0.0978. The molecule has 15 atom stereocenters. The Kier molecular flexibility index (Phi) is 10.3. The van der Waals surface area contributed by atoms with Crippen molar-refractivity contribution in [2.75, 3.05) is 13.7 Å². The topological polar surface area (TPSA) is 257 Å². The summed E-state index contributed by atoms with van der Waals surface area (Å²) in [6.07, 6.45) is -22.7. The van der Waals surface area contributed by atoms with E-state index in [0.29, 0.717) is 5.39 Å². The van der Waals surface area contributed by atoms with Crippen LogP contribution in [-0.4, -0.2) is 147 Å². The molecule has 8 N–H and O–H groups in total. The third-order valence-corrected chi connectivity index (χ3v) is 8.13. The van der Waals surface area contributed by atoms with E-state index < -0.39 is 104 Å². The molecule has 2 aromatic rings. The lowest BCUT2D eigenvalue weighted by molar-refractivity contribution is -0.360. The highest BCUT2D eigenvalue weighted by atomic mass is 16.8. The third-order valence-electron chi connectivity index (χ3n) is 8.13. The van der Waals surface area contributed by atoms with Crippen molar-refractivity contribution in [3.63, 3.8) is 0 Å². The van der Waals surface area contributed by atoms with Gasteiger partial charge in [-0.1, -0.05) is 0 Å². The van der Waals surface area contributed by atoms with Gasteiger partial charge in [0, 0.05) is 17.5 Å². The fourth-order valence-corrected chi connectivity index (χ4v) is 5.36. The van der Waals surface area contributed by atoms with Gasteiger partial charge in [0.25, 0.3) is 0 Å². The molecule has 3 aliphatic rings. The second-order valence-electron chi connectivity index (χ2n) is 11.2. The second kappa shape index (κ2) is 13.7. The summed E-state index contributed by atoms with van der Waals surface area (Å²) in [6, 6.07) is 5.56. The number of methoxy groups -OCH3 is 1. The monoisotopic (exact) mass is 646 g/mol. The number of hydrogen-bond donors (Lipinski definition) is 8. The van der Waals surface area contributed by atoms with Crippen LogP contribution in [0, 0.1) is 0 Å². The summed E-state index contributed by atoms with van der Waals surface area (Å²) >= 11 is 0. The molecule has 17 heteroatoms. The molecule has 3 aliphatic heterocycles. The van der Waals surface area contributed by atoms with E-state index in [0.717, 1.165) is 0 Å². The predicted octanol–water partition coefficient (Wildman–Crippen LogP) is -3.32. The first-order valence-corrected chi connectivity index (χ1v) is 14.3. The maximum atomic E-state index is 11.8. The van der Waals surface area contributed by atoms with Gasteiger partial charge in [0.2, 0.25) is 6.29 Å². The maximum Gasteiger partial charge on any atom is 0.336 e. The zero-order valence-electron chi connectivity index (χ0n) is 24.4. The quantitative estimate of drug-likeness (QED) is 0.131. The van der Waals surface area contributed by atoms with Crippen LogP contribution in [0.1, 0.15) is 13.8 Å². The fraction of sp³-hybridized carbons (Fsp3) is 0.679. The van der Waals surface area contributed by atoms with Crippen molar-refractivity contribution >= 4 is 11.0 Å². The standard InChI is InChI=1S/C28H38O17/c1-9-17(30)20(33)23(36)26(40-9)39-8-15-19(32)22(35)25(45-27-24(37)21(34)18(31)10(2)41-27)28(44-15)43-14-7-12-11(6-13(14)38-3)4-5-16(29)42-12/h4-7,9-10,15,17-28,30-37H,8H2,1-3H3/t9-,10-,15+,17-,18-,19+,20+,21+,22-,23+,24+,25+,26-,27+,28+/m1/s1. The van der Waals surface area contributed by atoms with Crippen LogP contribution in [0.25, 0.3) is 11.0 Å². The molecule has 0 aliphatic carbocycles. The number of aliphatic hydroxyl groups excluding tert-OH is 8. The van der Waals surface area contributed by atoms with Crippen LogP contribution < -0.4 is 15.1 Å². The molecular formula is C28H38O17. The van der Waals surface area contributed by atoms with Gasteiger partial charge in [0.05, 0.1) is 25.9 Å². The Morgan fingerprint density at radius 2 is 1.31 bits per heavy atom. The van der Waals surface area contributed by atoms with E-state index >= 15 is 0 Å². The lowest BCUT2D eigenvalue weighted by atomic mass is 9.97. The largest absolute Gasteiger partial charge is 0.493 e. The molecular weight excluding hydrogens is 608 g/mol. The number of rotatable bonds is 8. The molecule has 0 unspecified atom stereocenters. The van der Waals surface area contributed by atoms with Gasteiger partial charge in [-0.3, -0.25) is 0 Å². The van der Waals surface area contributed by atoms with E-state index in [9.17, 15) is 45.6 Å². The fourth-order valence-electron chi connectivity index (χ4n) is 5.36. The summed E-state index contributed by atoms with van der Waals surface area (Å²) in [5.41, 5.74) is -0.524. The zero-order chi connectivity index (χ0) is 32.7. The van der Waals surface area contributed by atoms with Gasteiger partial charge in [-0.25, -0.2) is 4.79 Å². The number of aliphatic hydroxyl groups is 8. The molecule has 4 heterocycles. The maximum absolute atomic E-state index is 11.8. The molecule has 45 heavy (non-hydrogen) atoms. The van der Waals surface area contributed by atoms with E-state index in [4.69, 9.17) is 37.6 Å². The minimum Gasteiger partial charge on any atom is -0.493 e. The summed E-state index contributed by atoms with van der Waals surface area (Å²) < 4.78 is 44.9. The van der Waals surface area contributed by atoms with Crippen LogP contribution >= 0.6 is 0 Å². The van der Waals surface area contributed by atoms with Crippen molar-refractivity contribution < 1.29 is 78.4 Å². The average Bonchev–Trinajstić information content (AvgIpc) is 3.02. The lowest BCUT2D eigenvalue weighted by Gasteiger charge is -2.46. The van der Waals surface area contributed by atoms with E-state index in [-0.39, 0.29) is 17.1 Å². The molecule has 5 rings (SSSR count). The van der Waals surface area contributed by atoms with Crippen LogP contribution in [0.2, 0.25) is 0 Å². The summed E-state index contributed by atoms with van der Waals surface area (Å²) in [4.78, 5) is 11.8. The van der Waals surface area contributed by atoms with E-state index in [1.807, 2.05) is 0 Å². The highest BCUT2D eigenvalue weighted by molar-refractivity contribution is 5.80. The van der Waals surface area contributed by atoms with Gasteiger partial charge >= 0.3 is 5.63 Å². The van der Waals surface area contributed by atoms with Gasteiger partial charge < -0.3 is 78.4 Å². The summed E-state index contributed by atoms with van der Waals surface area (Å²) in [7, 11) is 1.35. The van der Waals surface area contributed by atoms with Crippen molar-refractivity contribution in [2.24, 2.45) is 0 Å². The SMILES string of the molecule is COc1cc2ccc(=O)oc2cc1O[C@H]1O[C@@H](CO[C@@H]2O[C@H](C)[C@@H](O)[C@H](O)[C@@H]2O)[C@H](O)[C@@H](O)[C@@H]1O[C@@H]1O[C@H](C)[C@@H](O)[C@H](O)[C@@H]1O. The van der Waals surface area contributed by atoms with Gasteiger partial charge in [-0.15, -0.1) is 0 Å². The zero-order valence-corrected chi connectivity index (χ0v) is 24.4. The Morgan fingerprint density at radius 1 is 0.689 bits per heavy atom. The van der Waals surface area contributed by atoms with Gasteiger partial charge in [-0.05, 0) is 26.0 Å². The Balaban J connectivity index is 1.42. The first-order valence-electron chi connectivity index (χ1n) is 14.3. The van der Waals surface area contributed by atoms with Crippen LogP contribution in [0.15, 0.2) is 33.5 Å². The predicted molar refractivity (Wildman–Crippen MR) is 146 cm³/mol. The molecule has 0 bridgehead atoms. The highest BCUT2D eigenvalue weighted by Gasteiger charge is 2.52. The van der Waals surface area contributed by atoms with Gasteiger partial charge in [0.15, 0.2) is 30.2 Å². The first kappa shape index (κ1) is 33.9. The van der Waals surface area contributed by atoms with E-state index in [2.05, 4.69) is 0 Å². The normalized spacial score (nSPS) is 42.4. The molecule has 17 nitrogen and oxygen atoms in total. The van der Waals surface area contributed by atoms with Crippen molar-refractivity contribution in [2.45, 2.75) is 106 Å². The molecule has 0 spiro atoms. The smallest absolute Gasteiger partial charge is 0.336 e. The van der Waals surface area contributed by atoms with Crippen molar-refractivity contribution in [3.8, 4) is 11.5 Å². The van der Waals surface area contributed by atoms with Gasteiger partial charge in [0.1, 0.15) is 60.5 Å². The Labute approximate surface area is 255 Å². The molecule has 0 radical (unpaired) electrons. The van der Waals surface area contributed by atoms with Gasteiger partial charge in [-0.2, -0.15) is 0 Å². The van der Waals surface area contributed by atoms with Crippen LogP contribution in [-0.2, 0) is 23.7 Å². The summed E-state index contributed by atoms with van der Waals surface area (Å²) in [5, 5.41) is 83.9. The number of hydrogen-bond acceptors (Lipinski definition) is 17. The minimum absolute atomic E-state index is 0.0490. The highest BCUT2D eigenvalue weighted by Crippen LogP contribution is 2.36. The molecule has 0 amide bonds. The molecule has 252 valence electrons. The number of fused-ring (bicyclic) bond motifs is 1. The Bertz CT molecular complexity index is 1350. The molecule has 3 fully saturated rings. The first-order chi connectivity index (χ1) is 21.3. The molecule has 3 saturated heterocycles. The van der Waals surface area contributed by atoms with Crippen molar-refractivity contribution in [3.05, 3.63) is 34.7 Å². The Morgan fingerprint density at radius 3 is 1.96 bits per heavy atom. The summed E-state index contributed by atoms with van der Waals surface area (Å²) in [6.45, 7) is 2.35. The lowest BCUT2D eigenvalue weighted by Crippen LogP contribution is -2.65. The van der Waals surface area contributed by atoms with Crippen LogP contribution in [0.3, 0.4) is 0 Å². The van der Waals surface area contributed by atoms with E-state index in [1.54, 1.807) is 0 Å². The van der Waals surface area contributed by atoms with E-state index in [1.165, 1.54) is 45.2 Å². The average molecular weight is 647 g/mol. The second-order valence-corrected chi connectivity index (χ2v) is 11.2. The molecule has 0 saturated carbocycles. The van der Waals surface area contributed by atoms with Crippen molar-refractivity contribution in [1.29, 1.82) is 0 Å². The van der Waals surface area contributed by atoms with Crippen LogP contribution in [0.5, 0.6) is 11.5 Å². The minimum atomic E-state index is -1.82.